The lowest BCUT2D eigenvalue weighted by Crippen LogP contribution is -2.15. The molecule has 5 heteroatoms. The summed E-state index contributed by atoms with van der Waals surface area (Å²) in [4.78, 5) is 11.3. The van der Waals surface area contributed by atoms with E-state index in [0.717, 1.165) is 0 Å². The standard InChI is InChI=1S/C11H11F2IO2/c1-2-16-10(15)8-3-5-9(6-4-8)11(12,13)7-14/h3-6H,2,7H2,1H3. The first kappa shape index (κ1) is 13.3. The molecule has 0 amide bonds. The molecule has 0 aliphatic rings. The van der Waals surface area contributed by atoms with Crippen LogP contribution in [0, 0.1) is 0 Å². The minimum atomic E-state index is -2.85. The Bertz CT molecular complexity index is 363. The molecule has 0 spiro atoms. The summed E-state index contributed by atoms with van der Waals surface area (Å²) in [7, 11) is 0. The van der Waals surface area contributed by atoms with E-state index in [4.69, 9.17) is 4.74 Å². The van der Waals surface area contributed by atoms with Gasteiger partial charge in [0.25, 0.3) is 5.92 Å². The maximum atomic E-state index is 13.2. The molecule has 2 nitrogen and oxygen atoms in total. The molecule has 0 bridgehead atoms. The number of halogens is 3. The fourth-order valence-electron chi connectivity index (χ4n) is 1.14. The van der Waals surface area contributed by atoms with E-state index in [2.05, 4.69) is 0 Å². The number of carbonyl (C=O) groups excluding carboxylic acids is 1. The smallest absolute Gasteiger partial charge is 0.338 e. The number of alkyl halides is 3. The molecule has 16 heavy (non-hydrogen) atoms. The second-order valence-electron chi connectivity index (χ2n) is 3.14. The van der Waals surface area contributed by atoms with Crippen molar-refractivity contribution >= 4 is 28.6 Å². The molecule has 0 aliphatic carbocycles. The van der Waals surface area contributed by atoms with E-state index >= 15 is 0 Å². The number of carbonyl (C=O) groups is 1. The van der Waals surface area contributed by atoms with Crippen LogP contribution in [0.5, 0.6) is 0 Å². The van der Waals surface area contributed by atoms with Crippen LogP contribution in [0.25, 0.3) is 0 Å². The molecule has 1 aromatic rings. The fourth-order valence-corrected chi connectivity index (χ4v) is 1.58. The van der Waals surface area contributed by atoms with Crippen molar-refractivity contribution in [3.05, 3.63) is 35.4 Å². The molecule has 1 aromatic carbocycles. The summed E-state index contributed by atoms with van der Waals surface area (Å²) in [5, 5.41) is 0. The lowest BCUT2D eigenvalue weighted by molar-refractivity contribution is 0.0264. The number of rotatable bonds is 4. The van der Waals surface area contributed by atoms with Crippen LogP contribution in [-0.2, 0) is 10.7 Å². The van der Waals surface area contributed by atoms with Crippen molar-refractivity contribution in [1.29, 1.82) is 0 Å². The number of hydrogen-bond acceptors (Lipinski definition) is 2. The summed E-state index contributed by atoms with van der Waals surface area (Å²) in [6.45, 7) is 1.96. The van der Waals surface area contributed by atoms with Crippen LogP contribution in [0.4, 0.5) is 8.78 Å². The SMILES string of the molecule is CCOC(=O)c1ccc(C(F)(F)CI)cc1. The van der Waals surface area contributed by atoms with Crippen LogP contribution in [0.2, 0.25) is 0 Å². The second kappa shape index (κ2) is 5.56. The van der Waals surface area contributed by atoms with Crippen molar-refractivity contribution in [3.63, 3.8) is 0 Å². The van der Waals surface area contributed by atoms with Crippen molar-refractivity contribution in [3.8, 4) is 0 Å². The highest BCUT2D eigenvalue weighted by Gasteiger charge is 2.29. The minimum absolute atomic E-state index is 0.0880. The maximum absolute atomic E-state index is 13.2. The molecule has 0 aliphatic heterocycles. The van der Waals surface area contributed by atoms with Gasteiger partial charge in [0.2, 0.25) is 0 Å². The van der Waals surface area contributed by atoms with E-state index in [1.807, 2.05) is 0 Å². The van der Waals surface area contributed by atoms with Crippen molar-refractivity contribution < 1.29 is 18.3 Å². The zero-order valence-electron chi connectivity index (χ0n) is 8.67. The van der Waals surface area contributed by atoms with Crippen LogP contribution in [-0.4, -0.2) is 17.0 Å². The Morgan fingerprint density at radius 3 is 2.38 bits per heavy atom. The zero-order valence-corrected chi connectivity index (χ0v) is 10.8. The minimum Gasteiger partial charge on any atom is -0.462 e. The topological polar surface area (TPSA) is 26.3 Å². The molecular weight excluding hydrogens is 329 g/mol. The van der Waals surface area contributed by atoms with Gasteiger partial charge in [-0.2, -0.15) is 0 Å². The van der Waals surface area contributed by atoms with E-state index < -0.39 is 11.9 Å². The van der Waals surface area contributed by atoms with Gasteiger partial charge < -0.3 is 4.74 Å². The number of benzene rings is 1. The first-order valence-corrected chi connectivity index (χ1v) is 6.25. The molecule has 0 saturated carbocycles. The van der Waals surface area contributed by atoms with Crippen LogP contribution >= 0.6 is 22.6 Å². The van der Waals surface area contributed by atoms with Crippen LogP contribution < -0.4 is 0 Å². The molecule has 0 fully saturated rings. The Hall–Kier alpha value is -0.720. The van der Waals surface area contributed by atoms with Gasteiger partial charge in [-0.05, 0) is 19.1 Å². The highest BCUT2D eigenvalue weighted by Crippen LogP contribution is 2.30. The van der Waals surface area contributed by atoms with E-state index in [1.54, 1.807) is 29.5 Å². The molecule has 88 valence electrons. The quantitative estimate of drug-likeness (QED) is 0.477. The zero-order chi connectivity index (χ0) is 12.2. The molecule has 0 heterocycles. The molecule has 0 N–H and O–H groups in total. The van der Waals surface area contributed by atoms with Gasteiger partial charge in [-0.1, -0.05) is 34.7 Å². The lowest BCUT2D eigenvalue weighted by Gasteiger charge is -2.13. The van der Waals surface area contributed by atoms with Crippen molar-refractivity contribution in [2.45, 2.75) is 12.8 Å². The van der Waals surface area contributed by atoms with Crippen molar-refractivity contribution in [2.75, 3.05) is 11.0 Å². The van der Waals surface area contributed by atoms with Gasteiger partial charge in [0.15, 0.2) is 0 Å². The fraction of sp³-hybridized carbons (Fsp3) is 0.364. The predicted molar refractivity (Wildman–Crippen MR) is 65.2 cm³/mol. The molecule has 1 rings (SSSR count). The monoisotopic (exact) mass is 340 g/mol. The first-order valence-electron chi connectivity index (χ1n) is 4.72. The Labute approximate surface area is 106 Å². The van der Waals surface area contributed by atoms with Crippen LogP contribution in [0.3, 0.4) is 0 Å². The Morgan fingerprint density at radius 1 is 1.38 bits per heavy atom. The Balaban J connectivity index is 2.87. The average molecular weight is 340 g/mol. The Morgan fingerprint density at radius 2 is 1.94 bits per heavy atom. The van der Waals surface area contributed by atoms with E-state index in [-0.39, 0.29) is 22.2 Å². The summed E-state index contributed by atoms with van der Waals surface area (Å²) < 4.78 is 30.9. The number of hydrogen-bond donors (Lipinski definition) is 0. The van der Waals surface area contributed by atoms with Gasteiger partial charge in [0.05, 0.1) is 16.6 Å². The normalized spacial score (nSPS) is 11.2. The average Bonchev–Trinajstić information content (AvgIpc) is 2.29. The molecular formula is C11H11F2IO2. The molecule has 0 radical (unpaired) electrons. The molecule has 0 atom stereocenters. The lowest BCUT2D eigenvalue weighted by atomic mass is 10.1. The highest BCUT2D eigenvalue weighted by molar-refractivity contribution is 14.1. The molecule has 0 unspecified atom stereocenters. The predicted octanol–water partition coefficient (Wildman–Crippen LogP) is 3.39. The van der Waals surface area contributed by atoms with Gasteiger partial charge in [-0.25, -0.2) is 13.6 Å². The number of esters is 1. The summed E-state index contributed by atoms with van der Waals surface area (Å²) in [6.07, 6.45) is 0. The third-order valence-corrected chi connectivity index (χ3v) is 2.94. The maximum Gasteiger partial charge on any atom is 0.338 e. The largest absolute Gasteiger partial charge is 0.462 e. The van der Waals surface area contributed by atoms with Gasteiger partial charge in [0, 0.05) is 5.56 Å². The summed E-state index contributed by atoms with van der Waals surface area (Å²) >= 11 is 1.63. The number of ether oxygens (including phenoxy) is 1. The van der Waals surface area contributed by atoms with E-state index in [9.17, 15) is 13.6 Å². The summed E-state index contributed by atoms with van der Waals surface area (Å²) in [5.41, 5.74) is 0.199. The summed E-state index contributed by atoms with van der Waals surface area (Å²) in [5.74, 6) is -3.35. The van der Waals surface area contributed by atoms with Gasteiger partial charge >= 0.3 is 5.97 Å². The van der Waals surface area contributed by atoms with Gasteiger partial charge in [-0.15, -0.1) is 0 Å². The van der Waals surface area contributed by atoms with Gasteiger partial charge in [0.1, 0.15) is 0 Å². The first-order chi connectivity index (χ1) is 7.51. The third kappa shape index (κ3) is 3.13. The van der Waals surface area contributed by atoms with Crippen LogP contribution in [0.15, 0.2) is 24.3 Å². The second-order valence-corrected chi connectivity index (χ2v) is 3.90. The summed E-state index contributed by atoms with van der Waals surface area (Å²) in [6, 6.07) is 5.22. The third-order valence-electron chi connectivity index (χ3n) is 1.99. The van der Waals surface area contributed by atoms with Gasteiger partial charge in [-0.3, -0.25) is 0 Å². The van der Waals surface area contributed by atoms with E-state index in [0.29, 0.717) is 0 Å². The molecule has 0 aromatic heterocycles. The van der Waals surface area contributed by atoms with Crippen LogP contribution in [0.1, 0.15) is 22.8 Å². The van der Waals surface area contributed by atoms with Crippen molar-refractivity contribution in [1.82, 2.24) is 0 Å². The molecule has 0 saturated heterocycles. The highest BCUT2D eigenvalue weighted by atomic mass is 127. The van der Waals surface area contributed by atoms with Crippen molar-refractivity contribution in [2.24, 2.45) is 0 Å². The Kier molecular flexibility index (Phi) is 4.64. The van der Waals surface area contributed by atoms with E-state index in [1.165, 1.54) is 24.3 Å².